The van der Waals surface area contributed by atoms with Crippen LogP contribution in [0.5, 0.6) is 0 Å². The molecule has 0 amide bonds. The van der Waals surface area contributed by atoms with Gasteiger partial charge in [-0.15, -0.1) is 0 Å². The molecule has 32 valence electrons. The van der Waals surface area contributed by atoms with E-state index in [1.807, 2.05) is 0 Å². The van der Waals surface area contributed by atoms with Crippen molar-refractivity contribution in [2.45, 2.75) is 0 Å². The van der Waals surface area contributed by atoms with Crippen LogP contribution in [0.15, 0.2) is 0 Å². The molecule has 0 nitrogen and oxygen atoms in total. The number of hydrogen-bond acceptors (Lipinski definition) is 0. The Bertz CT molecular complexity index is 7.51. The maximum absolute atomic E-state index is 0. The van der Waals surface area contributed by atoms with Crippen LogP contribution in [0, 0.1) is 0 Å². The zero-order valence-electron chi connectivity index (χ0n) is 3.57. The summed E-state index contributed by atoms with van der Waals surface area (Å²) in [6.07, 6.45) is 0. The molecular weight excluding hydrogens is 99.0 g/mol. The van der Waals surface area contributed by atoms with Gasteiger partial charge in [0.2, 0.25) is 0 Å². The third kappa shape index (κ3) is 67.4. The van der Waals surface area contributed by atoms with Crippen LogP contribution in [0.1, 0.15) is 1.43 Å². The Morgan fingerprint density at radius 2 is 0.800 bits per heavy atom. The van der Waals surface area contributed by atoms with Crippen molar-refractivity contribution in [3.05, 3.63) is 0 Å². The van der Waals surface area contributed by atoms with Gasteiger partial charge in [0.25, 0.3) is 0 Å². The Morgan fingerprint density at radius 3 is 0.800 bits per heavy atom. The van der Waals surface area contributed by atoms with Gasteiger partial charge in [0.05, 0.1) is 0 Å². The summed E-state index contributed by atoms with van der Waals surface area (Å²) < 4.78 is 0. The topological polar surface area (TPSA) is 0 Å². The number of halogens is 4. The van der Waals surface area contributed by atoms with Crippen molar-refractivity contribution >= 4 is 0 Å². The maximum atomic E-state index is 0. The van der Waals surface area contributed by atoms with Crippen LogP contribution in [0.3, 0.4) is 0 Å². The van der Waals surface area contributed by atoms with Gasteiger partial charge in [-0.1, -0.05) is 0 Å². The van der Waals surface area contributed by atoms with Crippen molar-refractivity contribution in [3.8, 4) is 0 Å². The van der Waals surface area contributed by atoms with Gasteiger partial charge >= 0.3 is 31.0 Å². The molecule has 0 aromatic rings. The van der Waals surface area contributed by atoms with Crippen molar-refractivity contribution < 1.29 is 49.8 Å². The molecule has 0 unspecified atom stereocenters. The Hall–Kier alpha value is 0.720. The van der Waals surface area contributed by atoms with Crippen LogP contribution in [0.25, 0.3) is 0 Å². The van der Waals surface area contributed by atoms with Crippen LogP contribution < -0.4 is 39.0 Å². The summed E-state index contributed by atoms with van der Waals surface area (Å²) in [5.41, 5.74) is 0. The summed E-state index contributed by atoms with van der Waals surface area (Å²) in [7, 11) is 0. The van der Waals surface area contributed by atoms with Crippen LogP contribution in [0.4, 0.5) is 9.41 Å². The van der Waals surface area contributed by atoms with Gasteiger partial charge in [-0.3, -0.25) is 9.41 Å². The molecule has 0 aliphatic heterocycles. The van der Waals surface area contributed by atoms with Crippen molar-refractivity contribution in [3.63, 3.8) is 0 Å². The summed E-state index contributed by atoms with van der Waals surface area (Å²) in [5, 5.41) is 0. The Balaban J connectivity index is 0. The zero-order valence-corrected chi connectivity index (χ0v) is 4.57. The fraction of sp³-hybridized carbons (Fsp3) is 0. The fourth-order valence-corrected chi connectivity index (χ4v) is 0. The first kappa shape index (κ1) is 246. The van der Waals surface area contributed by atoms with E-state index in [2.05, 4.69) is 0 Å². The number of rotatable bonds is 0. The predicted octanol–water partition coefficient (Wildman–Crippen LogP) is -8.57. The fourth-order valence-electron chi connectivity index (χ4n) is 0. The average molecular weight is 102 g/mol. The Morgan fingerprint density at radius 1 is 0.800 bits per heavy atom. The molecule has 0 saturated carbocycles. The normalized spacial score (nSPS) is 0. The zero-order chi connectivity index (χ0) is 0. The van der Waals surface area contributed by atoms with Crippen LogP contribution in [0.2, 0.25) is 0 Å². The molecule has 0 spiro atoms. The van der Waals surface area contributed by atoms with Gasteiger partial charge in [0.15, 0.2) is 0 Å². The van der Waals surface area contributed by atoms with Crippen molar-refractivity contribution in [2.75, 3.05) is 0 Å². The van der Waals surface area contributed by atoms with Crippen LogP contribution >= 0.6 is 0 Å². The summed E-state index contributed by atoms with van der Waals surface area (Å²) in [6, 6.07) is 0. The van der Waals surface area contributed by atoms with E-state index in [1.54, 1.807) is 0 Å². The minimum atomic E-state index is 0. The third-order valence-corrected chi connectivity index (χ3v) is 0. The Labute approximate surface area is 50.2 Å². The summed E-state index contributed by atoms with van der Waals surface area (Å²) >= 11 is 0. The molecule has 0 bridgehead atoms. The third-order valence-electron chi connectivity index (χ3n) is 0. The van der Waals surface area contributed by atoms with Gasteiger partial charge in [0.1, 0.15) is 0 Å². The summed E-state index contributed by atoms with van der Waals surface area (Å²) in [6.45, 7) is 0. The standard InChI is InChI=1S/4FH.Na/h4*1H;/q;;;;+1/p-1. The average Bonchev–Trinajstić information content (AvgIpc) is 0. The van der Waals surface area contributed by atoms with E-state index >= 15 is 0 Å². The second kappa shape index (κ2) is 126. The van der Waals surface area contributed by atoms with E-state index < -0.39 is 0 Å². The summed E-state index contributed by atoms with van der Waals surface area (Å²) in [4.78, 5) is 0. The van der Waals surface area contributed by atoms with Crippen molar-refractivity contribution in [1.82, 2.24) is 0 Å². The van der Waals surface area contributed by atoms with Gasteiger partial charge in [0, 0.05) is 0 Å². The molecule has 0 saturated heterocycles. The van der Waals surface area contributed by atoms with Crippen molar-refractivity contribution in [2.24, 2.45) is 0 Å². The molecule has 0 radical (unpaired) electrons. The number of hydrogen-bond donors (Lipinski definition) is 0. The van der Waals surface area contributed by atoms with E-state index in [0.29, 0.717) is 0 Å². The molecule has 0 heterocycles. The van der Waals surface area contributed by atoms with Gasteiger partial charge < -0.3 is 9.41 Å². The van der Waals surface area contributed by atoms with Crippen LogP contribution in [-0.4, -0.2) is 0 Å². The predicted molar refractivity (Wildman–Crippen MR) is 6.12 cm³/mol. The minimum absolute atomic E-state index is 0. The van der Waals surface area contributed by atoms with E-state index in [0.717, 1.165) is 0 Å². The molecular formula is H3F4Na. The van der Waals surface area contributed by atoms with Gasteiger partial charge in [-0.05, 0) is 0 Å². The second-order valence-electron chi connectivity index (χ2n) is 0. The molecule has 5 heavy (non-hydrogen) atoms. The van der Waals surface area contributed by atoms with Crippen molar-refractivity contribution in [1.29, 1.82) is 0 Å². The first-order valence-electron chi connectivity index (χ1n) is 0. The van der Waals surface area contributed by atoms with Gasteiger partial charge in [-0.25, -0.2) is 0 Å². The minimum Gasteiger partial charge on any atom is -1.00 e. The summed E-state index contributed by atoms with van der Waals surface area (Å²) in [5.74, 6) is 0. The molecule has 0 aromatic heterocycles. The quantitative estimate of drug-likeness (QED) is 0.210. The smallest absolute Gasteiger partial charge is 1.00 e. The maximum Gasteiger partial charge on any atom is 1.00 e. The van der Waals surface area contributed by atoms with E-state index in [4.69, 9.17) is 0 Å². The molecule has 0 aliphatic rings. The Kier molecular flexibility index (Phi) is 6190. The second-order valence-corrected chi connectivity index (χ2v) is 0. The first-order valence-corrected chi connectivity index (χ1v) is 0. The van der Waals surface area contributed by atoms with Crippen LogP contribution in [-0.2, 0) is 0 Å². The molecule has 0 N–H and O–H groups in total. The van der Waals surface area contributed by atoms with E-state index in [-0.39, 0.29) is 49.8 Å². The van der Waals surface area contributed by atoms with E-state index in [1.165, 1.54) is 0 Å². The molecule has 0 aromatic carbocycles. The van der Waals surface area contributed by atoms with Gasteiger partial charge in [-0.2, -0.15) is 0 Å². The largest absolute Gasteiger partial charge is 1.00 e. The SMILES string of the molecule is F.F.[F-].[F-].[H+].[Na+]. The van der Waals surface area contributed by atoms with E-state index in [9.17, 15) is 0 Å². The molecule has 5 heteroatoms. The molecule has 0 atom stereocenters. The molecule has 0 fully saturated rings. The molecule has 0 rings (SSSR count). The monoisotopic (exact) mass is 102 g/mol. The first-order chi connectivity index (χ1) is 0. The molecule has 0 aliphatic carbocycles.